The number of hydrogen-bond donors (Lipinski definition) is 1. The van der Waals surface area contributed by atoms with E-state index in [0.717, 1.165) is 11.6 Å². The van der Waals surface area contributed by atoms with E-state index in [9.17, 15) is 21.6 Å². The molecule has 0 saturated carbocycles. The van der Waals surface area contributed by atoms with Crippen molar-refractivity contribution in [2.75, 3.05) is 4.72 Å². The second-order valence-electron chi connectivity index (χ2n) is 6.05. The molecule has 0 aliphatic heterocycles. The molecule has 0 bridgehead atoms. The minimum atomic E-state index is -5.60. The largest absolute Gasteiger partial charge is 0.516 e. The first-order chi connectivity index (χ1) is 13.6. The van der Waals surface area contributed by atoms with Crippen LogP contribution in [-0.4, -0.2) is 19.6 Å². The predicted octanol–water partition coefficient (Wildman–Crippen LogP) is 5.88. The molecule has 0 aliphatic rings. The quantitative estimate of drug-likeness (QED) is 0.405. The van der Waals surface area contributed by atoms with Gasteiger partial charge in [-0.2, -0.15) is 21.6 Å². The van der Waals surface area contributed by atoms with Gasteiger partial charge in [0, 0.05) is 10.6 Å². The van der Waals surface area contributed by atoms with E-state index in [4.69, 9.17) is 16.4 Å². The van der Waals surface area contributed by atoms with Crippen LogP contribution in [-0.2, 0) is 14.9 Å². The molecule has 29 heavy (non-hydrogen) atoms. The van der Waals surface area contributed by atoms with Crippen LogP contribution in [0.3, 0.4) is 0 Å². The molecule has 158 valence electrons. The van der Waals surface area contributed by atoms with E-state index in [1.165, 1.54) is 12.1 Å². The first-order valence-electron chi connectivity index (χ1n) is 8.75. The van der Waals surface area contributed by atoms with Crippen molar-refractivity contribution in [3.8, 4) is 0 Å². The van der Waals surface area contributed by atoms with E-state index < -0.39 is 15.5 Å². The highest BCUT2D eigenvalue weighted by Crippen LogP contribution is 2.30. The van der Waals surface area contributed by atoms with Gasteiger partial charge in [-0.05, 0) is 36.6 Å². The number of oxime groups is 1. The molecule has 2 aromatic carbocycles. The van der Waals surface area contributed by atoms with Crippen molar-refractivity contribution in [3.05, 3.63) is 64.7 Å². The summed E-state index contributed by atoms with van der Waals surface area (Å²) >= 11 is 5.97. The number of sulfonamides is 1. The van der Waals surface area contributed by atoms with Gasteiger partial charge in [0.25, 0.3) is 0 Å². The SMILES string of the molecule is CCC(=NOC(CC)c1ccccc1)c1cc(Cl)ccc1NS(=O)(=O)C(F)(F)F. The van der Waals surface area contributed by atoms with Gasteiger partial charge in [0.2, 0.25) is 0 Å². The van der Waals surface area contributed by atoms with E-state index in [-0.39, 0.29) is 34.5 Å². The maximum atomic E-state index is 12.8. The van der Waals surface area contributed by atoms with Gasteiger partial charge in [-0.15, -0.1) is 0 Å². The maximum absolute atomic E-state index is 12.8. The van der Waals surface area contributed by atoms with Gasteiger partial charge in [-0.25, -0.2) is 0 Å². The molecule has 1 atom stereocenters. The fourth-order valence-electron chi connectivity index (χ4n) is 2.52. The normalized spacial score (nSPS) is 13.8. The Balaban J connectivity index is 2.39. The van der Waals surface area contributed by atoms with Crippen molar-refractivity contribution in [1.82, 2.24) is 0 Å². The van der Waals surface area contributed by atoms with Gasteiger partial charge >= 0.3 is 15.5 Å². The molecule has 0 radical (unpaired) electrons. The molecule has 0 spiro atoms. The lowest BCUT2D eigenvalue weighted by Gasteiger charge is -2.17. The molecule has 0 fully saturated rings. The molecular weight excluding hydrogens is 429 g/mol. The minimum Gasteiger partial charge on any atom is -0.387 e. The van der Waals surface area contributed by atoms with Crippen molar-refractivity contribution in [2.45, 2.75) is 38.3 Å². The van der Waals surface area contributed by atoms with E-state index in [1.54, 1.807) is 11.6 Å². The van der Waals surface area contributed by atoms with Crippen LogP contribution < -0.4 is 4.72 Å². The highest BCUT2D eigenvalue weighted by Gasteiger charge is 2.46. The molecule has 0 amide bonds. The van der Waals surface area contributed by atoms with Crippen molar-refractivity contribution in [2.24, 2.45) is 5.16 Å². The van der Waals surface area contributed by atoms with Gasteiger partial charge in [0.05, 0.1) is 11.4 Å². The van der Waals surface area contributed by atoms with Crippen LogP contribution in [0.25, 0.3) is 0 Å². The number of anilines is 1. The second kappa shape index (κ2) is 9.49. The topological polar surface area (TPSA) is 67.8 Å². The monoisotopic (exact) mass is 448 g/mol. The van der Waals surface area contributed by atoms with Crippen LogP contribution in [0, 0.1) is 0 Å². The minimum absolute atomic E-state index is 0.107. The third-order valence-electron chi connectivity index (χ3n) is 4.01. The lowest BCUT2D eigenvalue weighted by Crippen LogP contribution is -2.30. The molecule has 2 rings (SSSR count). The summed E-state index contributed by atoms with van der Waals surface area (Å²) in [5.41, 5.74) is -4.50. The molecule has 1 N–H and O–H groups in total. The van der Waals surface area contributed by atoms with Crippen molar-refractivity contribution in [1.29, 1.82) is 0 Å². The number of benzene rings is 2. The summed E-state index contributed by atoms with van der Waals surface area (Å²) in [7, 11) is -5.60. The number of nitrogens with one attached hydrogen (secondary N) is 1. The van der Waals surface area contributed by atoms with E-state index in [2.05, 4.69) is 5.16 Å². The van der Waals surface area contributed by atoms with Crippen molar-refractivity contribution in [3.63, 3.8) is 0 Å². The number of halogens is 4. The van der Waals surface area contributed by atoms with Crippen molar-refractivity contribution < 1.29 is 26.4 Å². The molecular formula is C19H20ClF3N2O3S. The summed E-state index contributed by atoms with van der Waals surface area (Å²) in [6.07, 6.45) is 0.507. The Morgan fingerprint density at radius 1 is 1.17 bits per heavy atom. The Kier molecular flexibility index (Phi) is 7.54. The Bertz CT molecular complexity index is 964. The van der Waals surface area contributed by atoms with Crippen LogP contribution in [0.5, 0.6) is 0 Å². The second-order valence-corrected chi connectivity index (χ2v) is 8.16. The lowest BCUT2D eigenvalue weighted by atomic mass is 10.1. The summed E-state index contributed by atoms with van der Waals surface area (Å²) in [6.45, 7) is 3.62. The van der Waals surface area contributed by atoms with Gasteiger partial charge < -0.3 is 4.84 Å². The summed E-state index contributed by atoms with van der Waals surface area (Å²) in [5.74, 6) is 0. The summed E-state index contributed by atoms with van der Waals surface area (Å²) in [5, 5.41) is 4.31. The maximum Gasteiger partial charge on any atom is 0.516 e. The highest BCUT2D eigenvalue weighted by molar-refractivity contribution is 7.93. The molecule has 0 heterocycles. The zero-order valence-electron chi connectivity index (χ0n) is 15.7. The van der Waals surface area contributed by atoms with Crippen LogP contribution in [0.4, 0.5) is 18.9 Å². The van der Waals surface area contributed by atoms with Crippen LogP contribution >= 0.6 is 11.6 Å². The molecule has 0 aliphatic carbocycles. The van der Waals surface area contributed by atoms with Crippen LogP contribution in [0.1, 0.15) is 43.9 Å². The number of alkyl halides is 3. The predicted molar refractivity (Wildman–Crippen MR) is 107 cm³/mol. The fourth-order valence-corrected chi connectivity index (χ4v) is 3.27. The molecule has 0 saturated heterocycles. The molecule has 10 heteroatoms. The van der Waals surface area contributed by atoms with Gasteiger partial charge in [0.1, 0.15) is 0 Å². The zero-order chi connectivity index (χ0) is 21.7. The smallest absolute Gasteiger partial charge is 0.387 e. The number of rotatable bonds is 8. The first kappa shape index (κ1) is 23.0. The average molecular weight is 449 g/mol. The van der Waals surface area contributed by atoms with E-state index >= 15 is 0 Å². The number of hydrogen-bond acceptors (Lipinski definition) is 4. The summed E-state index contributed by atoms with van der Waals surface area (Å²) in [4.78, 5) is 5.62. The third-order valence-corrected chi connectivity index (χ3v) is 5.34. The molecule has 1 unspecified atom stereocenters. The molecule has 2 aromatic rings. The highest BCUT2D eigenvalue weighted by atomic mass is 35.5. The Morgan fingerprint density at radius 2 is 1.83 bits per heavy atom. The summed E-state index contributed by atoms with van der Waals surface area (Å²) < 4.78 is 62.9. The number of nitrogens with zero attached hydrogens (tertiary/aromatic N) is 1. The fraction of sp³-hybridized carbons (Fsp3) is 0.316. The molecule has 0 aromatic heterocycles. The van der Waals surface area contributed by atoms with Gasteiger partial charge in [0.15, 0.2) is 6.10 Å². The average Bonchev–Trinajstić information content (AvgIpc) is 2.67. The lowest BCUT2D eigenvalue weighted by molar-refractivity contribution is -0.0429. The summed E-state index contributed by atoms with van der Waals surface area (Å²) in [6, 6.07) is 13.1. The zero-order valence-corrected chi connectivity index (χ0v) is 17.3. The van der Waals surface area contributed by atoms with Gasteiger partial charge in [-0.3, -0.25) is 4.72 Å². The van der Waals surface area contributed by atoms with Crippen molar-refractivity contribution >= 4 is 33.0 Å². The Morgan fingerprint density at radius 3 is 2.38 bits per heavy atom. The Labute approximate surface area is 172 Å². The van der Waals surface area contributed by atoms with Crippen LogP contribution in [0.2, 0.25) is 5.02 Å². The first-order valence-corrected chi connectivity index (χ1v) is 10.6. The van der Waals surface area contributed by atoms with Crippen LogP contribution in [0.15, 0.2) is 53.7 Å². The van der Waals surface area contributed by atoms with E-state index in [1.807, 2.05) is 37.3 Å². The standard InChI is InChI=1S/C19H20ClF3N2O3S/c1-3-16(24-28-18(4-2)13-8-6-5-7-9-13)15-12-14(20)10-11-17(15)25-29(26,27)19(21,22)23/h5-12,18,25H,3-4H2,1-2H3. The molecule has 5 nitrogen and oxygen atoms in total. The third kappa shape index (κ3) is 5.86. The van der Waals surface area contributed by atoms with E-state index in [0.29, 0.717) is 6.42 Å². The Hall–Kier alpha value is -2.26. The van der Waals surface area contributed by atoms with Gasteiger partial charge in [-0.1, -0.05) is 60.9 Å².